The molecular formula is C14H27N3O. The first-order chi connectivity index (χ1) is 8.84. The molecule has 2 amide bonds. The number of urea groups is 1. The van der Waals surface area contributed by atoms with Crippen LogP contribution in [0.3, 0.4) is 0 Å². The molecule has 3 N–H and O–H groups in total. The zero-order valence-electron chi connectivity index (χ0n) is 11.3. The summed E-state index contributed by atoms with van der Waals surface area (Å²) in [5.41, 5.74) is 0. The third kappa shape index (κ3) is 4.84. The largest absolute Gasteiger partial charge is 0.338 e. The van der Waals surface area contributed by atoms with E-state index >= 15 is 0 Å². The predicted molar refractivity (Wildman–Crippen MR) is 73.6 cm³/mol. The summed E-state index contributed by atoms with van der Waals surface area (Å²) in [6, 6.07) is 0.445. The van der Waals surface area contributed by atoms with Gasteiger partial charge in [0.2, 0.25) is 0 Å². The molecule has 4 nitrogen and oxygen atoms in total. The second kappa shape index (κ2) is 7.62. The predicted octanol–water partition coefficient (Wildman–Crippen LogP) is 2.01. The van der Waals surface area contributed by atoms with Crippen molar-refractivity contribution in [1.29, 1.82) is 0 Å². The number of carbonyl (C=O) groups is 1. The number of amides is 2. The third-order valence-electron chi connectivity index (χ3n) is 4.18. The zero-order chi connectivity index (χ0) is 12.6. The van der Waals surface area contributed by atoms with Crippen LogP contribution in [-0.2, 0) is 0 Å². The average Bonchev–Trinajstić information content (AvgIpc) is 2.41. The lowest BCUT2D eigenvalue weighted by atomic mass is 9.95. The Kier molecular flexibility index (Phi) is 5.78. The SMILES string of the molecule is O=C(NCCC1CCCNC1)NC1CCCCC1. The van der Waals surface area contributed by atoms with E-state index in [1.54, 1.807) is 0 Å². The molecule has 2 fully saturated rings. The number of carbonyl (C=O) groups excluding carboxylic acids is 1. The van der Waals surface area contributed by atoms with E-state index in [4.69, 9.17) is 0 Å². The highest BCUT2D eigenvalue weighted by molar-refractivity contribution is 5.74. The van der Waals surface area contributed by atoms with Gasteiger partial charge in [-0.1, -0.05) is 19.3 Å². The first-order valence-corrected chi connectivity index (χ1v) is 7.59. The van der Waals surface area contributed by atoms with Crippen LogP contribution in [0.5, 0.6) is 0 Å². The van der Waals surface area contributed by atoms with E-state index in [0.29, 0.717) is 6.04 Å². The van der Waals surface area contributed by atoms with Crippen LogP contribution >= 0.6 is 0 Å². The maximum absolute atomic E-state index is 11.7. The highest BCUT2D eigenvalue weighted by atomic mass is 16.2. The van der Waals surface area contributed by atoms with E-state index in [1.165, 1.54) is 32.1 Å². The highest BCUT2D eigenvalue weighted by Crippen LogP contribution is 2.17. The van der Waals surface area contributed by atoms with Crippen molar-refractivity contribution in [2.24, 2.45) is 5.92 Å². The minimum atomic E-state index is 0.0330. The number of hydrogen-bond donors (Lipinski definition) is 3. The molecule has 104 valence electrons. The summed E-state index contributed by atoms with van der Waals surface area (Å²) in [4.78, 5) is 11.7. The van der Waals surface area contributed by atoms with E-state index in [9.17, 15) is 4.79 Å². The molecule has 4 heteroatoms. The molecule has 0 aromatic heterocycles. The van der Waals surface area contributed by atoms with Crippen molar-refractivity contribution in [3.8, 4) is 0 Å². The van der Waals surface area contributed by atoms with Crippen LogP contribution in [0.15, 0.2) is 0 Å². The van der Waals surface area contributed by atoms with Crippen LogP contribution in [-0.4, -0.2) is 31.7 Å². The minimum Gasteiger partial charge on any atom is -0.338 e. The first kappa shape index (κ1) is 13.7. The van der Waals surface area contributed by atoms with Gasteiger partial charge in [-0.25, -0.2) is 4.79 Å². The Labute approximate surface area is 110 Å². The Morgan fingerprint density at radius 3 is 2.67 bits per heavy atom. The van der Waals surface area contributed by atoms with Gasteiger partial charge in [-0.05, 0) is 51.1 Å². The molecular weight excluding hydrogens is 226 g/mol. The van der Waals surface area contributed by atoms with Crippen LogP contribution in [0.1, 0.15) is 51.4 Å². The smallest absolute Gasteiger partial charge is 0.315 e. The molecule has 1 heterocycles. The number of rotatable bonds is 4. The van der Waals surface area contributed by atoms with Gasteiger partial charge in [0, 0.05) is 12.6 Å². The standard InChI is InChI=1S/C14H27N3O/c18-14(17-13-6-2-1-3-7-13)16-10-8-12-5-4-9-15-11-12/h12-13,15H,1-11H2,(H2,16,17,18). The highest BCUT2D eigenvalue weighted by Gasteiger charge is 2.16. The van der Waals surface area contributed by atoms with Gasteiger partial charge in [-0.15, -0.1) is 0 Å². The molecule has 0 bridgehead atoms. The van der Waals surface area contributed by atoms with Crippen molar-refractivity contribution in [2.45, 2.75) is 57.4 Å². The summed E-state index contributed by atoms with van der Waals surface area (Å²) in [5, 5.41) is 9.50. The van der Waals surface area contributed by atoms with Gasteiger partial charge in [-0.2, -0.15) is 0 Å². The molecule has 1 saturated carbocycles. The van der Waals surface area contributed by atoms with Crippen LogP contribution < -0.4 is 16.0 Å². The summed E-state index contributed by atoms with van der Waals surface area (Å²) >= 11 is 0. The van der Waals surface area contributed by atoms with Crippen molar-refractivity contribution in [1.82, 2.24) is 16.0 Å². The average molecular weight is 253 g/mol. The Morgan fingerprint density at radius 2 is 1.94 bits per heavy atom. The maximum Gasteiger partial charge on any atom is 0.315 e. The molecule has 1 unspecified atom stereocenters. The monoisotopic (exact) mass is 253 g/mol. The molecule has 1 saturated heterocycles. The number of nitrogens with one attached hydrogen (secondary N) is 3. The van der Waals surface area contributed by atoms with Crippen molar-refractivity contribution in [2.75, 3.05) is 19.6 Å². The molecule has 0 spiro atoms. The van der Waals surface area contributed by atoms with Gasteiger partial charge in [0.05, 0.1) is 0 Å². The van der Waals surface area contributed by atoms with Crippen LogP contribution in [0.25, 0.3) is 0 Å². The van der Waals surface area contributed by atoms with Crippen molar-refractivity contribution in [3.63, 3.8) is 0 Å². The van der Waals surface area contributed by atoms with E-state index in [-0.39, 0.29) is 6.03 Å². The van der Waals surface area contributed by atoms with Gasteiger partial charge in [-0.3, -0.25) is 0 Å². The summed E-state index contributed by atoms with van der Waals surface area (Å²) in [6.45, 7) is 3.09. The fourth-order valence-corrected chi connectivity index (χ4v) is 3.04. The lowest BCUT2D eigenvalue weighted by Crippen LogP contribution is -2.43. The summed E-state index contributed by atoms with van der Waals surface area (Å²) in [5.74, 6) is 0.744. The Hall–Kier alpha value is -0.770. The van der Waals surface area contributed by atoms with Gasteiger partial charge < -0.3 is 16.0 Å². The van der Waals surface area contributed by atoms with Crippen molar-refractivity contribution in [3.05, 3.63) is 0 Å². The summed E-state index contributed by atoms with van der Waals surface area (Å²) in [6.07, 6.45) is 9.84. The van der Waals surface area contributed by atoms with Crippen LogP contribution in [0.4, 0.5) is 4.79 Å². The van der Waals surface area contributed by atoms with E-state index in [0.717, 1.165) is 44.8 Å². The van der Waals surface area contributed by atoms with Gasteiger partial charge in [0.15, 0.2) is 0 Å². The second-order valence-electron chi connectivity index (χ2n) is 5.74. The third-order valence-corrected chi connectivity index (χ3v) is 4.18. The maximum atomic E-state index is 11.7. The molecule has 18 heavy (non-hydrogen) atoms. The lowest BCUT2D eigenvalue weighted by molar-refractivity contribution is 0.231. The Bertz CT molecular complexity index is 245. The molecule has 2 rings (SSSR count). The fourth-order valence-electron chi connectivity index (χ4n) is 3.04. The second-order valence-corrected chi connectivity index (χ2v) is 5.74. The normalized spacial score (nSPS) is 25.7. The molecule has 1 aliphatic carbocycles. The molecule has 0 aromatic carbocycles. The van der Waals surface area contributed by atoms with E-state index in [2.05, 4.69) is 16.0 Å². The zero-order valence-corrected chi connectivity index (χ0v) is 11.3. The minimum absolute atomic E-state index is 0.0330. The fraction of sp³-hybridized carbons (Fsp3) is 0.929. The number of hydrogen-bond acceptors (Lipinski definition) is 2. The molecule has 2 aliphatic rings. The molecule has 1 aliphatic heterocycles. The summed E-state index contributed by atoms with van der Waals surface area (Å²) in [7, 11) is 0. The Balaban J connectivity index is 1.53. The molecule has 0 aromatic rings. The van der Waals surface area contributed by atoms with Gasteiger partial charge >= 0.3 is 6.03 Å². The molecule has 0 radical (unpaired) electrons. The van der Waals surface area contributed by atoms with E-state index in [1.807, 2.05) is 0 Å². The van der Waals surface area contributed by atoms with Crippen molar-refractivity contribution >= 4 is 6.03 Å². The Morgan fingerprint density at radius 1 is 1.11 bits per heavy atom. The van der Waals surface area contributed by atoms with Crippen molar-refractivity contribution < 1.29 is 4.79 Å². The summed E-state index contributed by atoms with van der Waals surface area (Å²) < 4.78 is 0. The van der Waals surface area contributed by atoms with E-state index < -0.39 is 0 Å². The quantitative estimate of drug-likeness (QED) is 0.718. The first-order valence-electron chi connectivity index (χ1n) is 7.59. The van der Waals surface area contributed by atoms with Crippen LogP contribution in [0, 0.1) is 5.92 Å². The lowest BCUT2D eigenvalue weighted by Gasteiger charge is -2.24. The molecule has 1 atom stereocenters. The van der Waals surface area contributed by atoms with Crippen LogP contribution in [0.2, 0.25) is 0 Å². The topological polar surface area (TPSA) is 53.2 Å². The number of piperidine rings is 1. The van der Waals surface area contributed by atoms with Gasteiger partial charge in [0.1, 0.15) is 0 Å². The van der Waals surface area contributed by atoms with Gasteiger partial charge in [0.25, 0.3) is 0 Å².